The van der Waals surface area contributed by atoms with Gasteiger partial charge in [0.2, 0.25) is 0 Å². The molecule has 2 rings (SSSR count). The highest BCUT2D eigenvalue weighted by Gasteiger charge is 2.41. The number of H-pyrrole nitrogens is 1. The molecule has 2 N–H and O–H groups in total. The molecule has 0 bridgehead atoms. The zero-order valence-electron chi connectivity index (χ0n) is 10.1. The van der Waals surface area contributed by atoms with Crippen LogP contribution in [-0.2, 0) is 12.0 Å². The smallest absolute Gasteiger partial charge is 0.0684 e. The second-order valence-electron chi connectivity index (χ2n) is 5.94. The molecule has 0 amide bonds. The number of aromatic amines is 1. The maximum atomic E-state index is 4.39. The molecule has 84 valence electrons. The fraction of sp³-hybridized carbons (Fsp3) is 0.750. The summed E-state index contributed by atoms with van der Waals surface area (Å²) in [6, 6.07) is 2.20. The van der Waals surface area contributed by atoms with Crippen LogP contribution in [0.3, 0.4) is 0 Å². The van der Waals surface area contributed by atoms with Crippen molar-refractivity contribution in [3.8, 4) is 0 Å². The van der Waals surface area contributed by atoms with E-state index in [-0.39, 0.29) is 5.54 Å². The van der Waals surface area contributed by atoms with E-state index in [0.717, 1.165) is 6.54 Å². The number of nitrogens with one attached hydrogen (secondary N) is 2. The van der Waals surface area contributed by atoms with Gasteiger partial charge >= 0.3 is 0 Å². The van der Waals surface area contributed by atoms with E-state index in [0.29, 0.717) is 5.41 Å². The fourth-order valence-corrected chi connectivity index (χ4v) is 1.57. The van der Waals surface area contributed by atoms with Crippen molar-refractivity contribution >= 4 is 0 Å². The number of nitrogens with zero attached hydrogens (tertiary/aromatic N) is 1. The Balaban J connectivity index is 1.96. The van der Waals surface area contributed by atoms with E-state index in [2.05, 4.69) is 49.3 Å². The third-order valence-electron chi connectivity index (χ3n) is 3.06. The molecule has 1 fully saturated rings. The Morgan fingerprint density at radius 2 is 2.13 bits per heavy atom. The van der Waals surface area contributed by atoms with Gasteiger partial charge in [-0.3, -0.25) is 5.10 Å². The van der Waals surface area contributed by atoms with E-state index < -0.39 is 0 Å². The molecule has 0 aliphatic heterocycles. The van der Waals surface area contributed by atoms with Crippen molar-refractivity contribution in [1.82, 2.24) is 15.5 Å². The van der Waals surface area contributed by atoms with Gasteiger partial charge in [-0.2, -0.15) is 5.10 Å². The summed E-state index contributed by atoms with van der Waals surface area (Å²) in [7, 11) is 0. The van der Waals surface area contributed by atoms with Crippen molar-refractivity contribution in [1.29, 1.82) is 0 Å². The highest BCUT2D eigenvalue weighted by molar-refractivity contribution is 5.24. The van der Waals surface area contributed by atoms with Crippen molar-refractivity contribution in [3.63, 3.8) is 0 Å². The first kappa shape index (κ1) is 10.7. The van der Waals surface area contributed by atoms with E-state index in [1.165, 1.54) is 24.2 Å². The minimum atomic E-state index is 0.161. The molecule has 1 aliphatic rings. The van der Waals surface area contributed by atoms with Gasteiger partial charge in [-0.1, -0.05) is 6.92 Å². The largest absolute Gasteiger partial charge is 0.306 e. The third-order valence-corrected chi connectivity index (χ3v) is 3.06. The molecular weight excluding hydrogens is 186 g/mol. The van der Waals surface area contributed by atoms with E-state index >= 15 is 0 Å². The molecule has 0 aromatic carbocycles. The average Bonchev–Trinajstić information content (AvgIpc) is 2.70. The van der Waals surface area contributed by atoms with Crippen LogP contribution in [0.2, 0.25) is 0 Å². The van der Waals surface area contributed by atoms with Crippen LogP contribution in [0, 0.1) is 0 Å². The first-order chi connectivity index (χ1) is 6.89. The maximum Gasteiger partial charge on any atom is 0.0684 e. The van der Waals surface area contributed by atoms with Crippen LogP contribution in [0.25, 0.3) is 0 Å². The molecule has 3 nitrogen and oxygen atoms in total. The Kier molecular flexibility index (Phi) is 2.38. The van der Waals surface area contributed by atoms with Crippen LogP contribution in [0.5, 0.6) is 0 Å². The molecule has 1 aromatic rings. The molecule has 0 unspecified atom stereocenters. The Morgan fingerprint density at radius 1 is 1.47 bits per heavy atom. The minimum absolute atomic E-state index is 0.161. The fourth-order valence-electron chi connectivity index (χ4n) is 1.57. The van der Waals surface area contributed by atoms with E-state index in [1.807, 2.05) is 0 Å². The lowest BCUT2D eigenvalue weighted by Crippen LogP contribution is -2.35. The Bertz CT molecular complexity index is 342. The summed E-state index contributed by atoms with van der Waals surface area (Å²) in [5.74, 6) is 0. The van der Waals surface area contributed by atoms with Crippen LogP contribution in [-0.4, -0.2) is 15.7 Å². The molecule has 1 aliphatic carbocycles. The van der Waals surface area contributed by atoms with Crippen molar-refractivity contribution in [2.75, 3.05) is 0 Å². The molecule has 1 heterocycles. The first-order valence-corrected chi connectivity index (χ1v) is 5.69. The van der Waals surface area contributed by atoms with Crippen molar-refractivity contribution in [2.45, 2.75) is 58.0 Å². The van der Waals surface area contributed by atoms with Crippen LogP contribution in [0.4, 0.5) is 0 Å². The summed E-state index contributed by atoms with van der Waals surface area (Å²) in [4.78, 5) is 0. The lowest BCUT2D eigenvalue weighted by Gasteiger charge is -2.19. The molecule has 0 spiro atoms. The lowest BCUT2D eigenvalue weighted by molar-refractivity contribution is 0.421. The summed E-state index contributed by atoms with van der Waals surface area (Å²) < 4.78 is 0. The number of aromatic nitrogens is 2. The van der Waals surface area contributed by atoms with Crippen molar-refractivity contribution in [2.24, 2.45) is 0 Å². The highest BCUT2D eigenvalue weighted by atomic mass is 15.1. The van der Waals surface area contributed by atoms with Gasteiger partial charge in [0.25, 0.3) is 0 Å². The molecule has 0 atom stereocenters. The minimum Gasteiger partial charge on any atom is -0.306 e. The second-order valence-corrected chi connectivity index (χ2v) is 5.94. The Hall–Kier alpha value is -0.830. The Morgan fingerprint density at radius 3 is 2.67 bits per heavy atom. The number of hydrogen-bond donors (Lipinski definition) is 2. The molecule has 1 aromatic heterocycles. The van der Waals surface area contributed by atoms with E-state index in [4.69, 9.17) is 0 Å². The SMILES string of the molecule is CC(C)(C)NCc1cc(C2(C)CC2)n[nH]1. The maximum absolute atomic E-state index is 4.39. The van der Waals surface area contributed by atoms with Crippen LogP contribution in [0.1, 0.15) is 51.9 Å². The van der Waals surface area contributed by atoms with Gasteiger partial charge in [-0.25, -0.2) is 0 Å². The molecular formula is C12H21N3. The van der Waals surface area contributed by atoms with Gasteiger partial charge in [-0.05, 0) is 39.7 Å². The average molecular weight is 207 g/mol. The van der Waals surface area contributed by atoms with Crippen LogP contribution in [0.15, 0.2) is 6.07 Å². The van der Waals surface area contributed by atoms with Crippen molar-refractivity contribution < 1.29 is 0 Å². The summed E-state index contributed by atoms with van der Waals surface area (Å²) in [6.07, 6.45) is 2.56. The Labute approximate surface area is 91.7 Å². The zero-order valence-corrected chi connectivity index (χ0v) is 10.1. The number of rotatable bonds is 3. The standard InChI is InChI=1S/C12H21N3/c1-11(2,3)13-8-9-7-10(15-14-9)12(4)5-6-12/h7,13H,5-6,8H2,1-4H3,(H,14,15). The van der Waals surface area contributed by atoms with Crippen LogP contribution < -0.4 is 5.32 Å². The van der Waals surface area contributed by atoms with Gasteiger partial charge in [-0.15, -0.1) is 0 Å². The normalized spacial score (nSPS) is 19.2. The lowest BCUT2D eigenvalue weighted by atomic mass is 10.1. The predicted molar refractivity (Wildman–Crippen MR) is 61.8 cm³/mol. The molecule has 1 saturated carbocycles. The monoisotopic (exact) mass is 207 g/mol. The quantitative estimate of drug-likeness (QED) is 0.798. The predicted octanol–water partition coefficient (Wildman–Crippen LogP) is 2.35. The second kappa shape index (κ2) is 3.34. The molecule has 0 radical (unpaired) electrons. The van der Waals surface area contributed by atoms with E-state index in [1.54, 1.807) is 0 Å². The molecule has 0 saturated heterocycles. The third kappa shape index (κ3) is 2.59. The summed E-state index contributed by atoms with van der Waals surface area (Å²) in [5, 5.41) is 11.0. The van der Waals surface area contributed by atoms with Gasteiger partial charge in [0.15, 0.2) is 0 Å². The summed E-state index contributed by atoms with van der Waals surface area (Å²) in [5.41, 5.74) is 2.95. The van der Waals surface area contributed by atoms with Gasteiger partial charge in [0, 0.05) is 23.2 Å². The molecule has 3 heteroatoms. The highest BCUT2D eigenvalue weighted by Crippen LogP contribution is 2.46. The van der Waals surface area contributed by atoms with Crippen LogP contribution >= 0.6 is 0 Å². The van der Waals surface area contributed by atoms with E-state index in [9.17, 15) is 0 Å². The van der Waals surface area contributed by atoms with Crippen molar-refractivity contribution in [3.05, 3.63) is 17.5 Å². The van der Waals surface area contributed by atoms with Gasteiger partial charge in [0.05, 0.1) is 5.69 Å². The zero-order chi connectivity index (χ0) is 11.1. The topological polar surface area (TPSA) is 40.7 Å². The van der Waals surface area contributed by atoms with Gasteiger partial charge in [0.1, 0.15) is 0 Å². The summed E-state index contributed by atoms with van der Waals surface area (Å²) >= 11 is 0. The molecule has 15 heavy (non-hydrogen) atoms. The first-order valence-electron chi connectivity index (χ1n) is 5.69. The summed E-state index contributed by atoms with van der Waals surface area (Å²) in [6.45, 7) is 9.67. The van der Waals surface area contributed by atoms with Gasteiger partial charge < -0.3 is 5.32 Å². The number of hydrogen-bond acceptors (Lipinski definition) is 2.